The molecule has 1 aromatic carbocycles. The molecule has 0 spiro atoms. The van der Waals surface area contributed by atoms with E-state index in [2.05, 4.69) is 23.2 Å². The number of benzene rings is 1. The van der Waals surface area contributed by atoms with E-state index in [-0.39, 0.29) is 17.9 Å². The molecule has 0 radical (unpaired) electrons. The first-order valence-corrected chi connectivity index (χ1v) is 9.02. The first kappa shape index (κ1) is 18.5. The molecule has 0 N–H and O–H groups in total. The Morgan fingerprint density at radius 1 is 1.35 bits per heavy atom. The zero-order valence-corrected chi connectivity index (χ0v) is 16.2. The predicted molar refractivity (Wildman–Crippen MR) is 99.6 cm³/mol. The molecule has 2 heterocycles. The Balaban J connectivity index is 1.86. The third kappa shape index (κ3) is 3.46. The van der Waals surface area contributed by atoms with Gasteiger partial charge in [-0.3, -0.25) is 9.69 Å². The van der Waals surface area contributed by atoms with E-state index in [0.717, 1.165) is 17.9 Å². The summed E-state index contributed by atoms with van der Waals surface area (Å²) in [6.45, 7) is 8.00. The number of aryl methyl sites for hydroxylation is 1. The largest absolute Gasteiger partial charge is 0.497 e. The molecule has 26 heavy (non-hydrogen) atoms. The molecular weight excluding hydrogens is 330 g/mol. The van der Waals surface area contributed by atoms with Crippen molar-refractivity contribution in [3.8, 4) is 5.75 Å². The van der Waals surface area contributed by atoms with Crippen LogP contribution in [0.5, 0.6) is 5.75 Å². The molecule has 0 saturated carbocycles. The summed E-state index contributed by atoms with van der Waals surface area (Å²) >= 11 is 0. The molecule has 140 valence electrons. The number of carbonyl (C=O) groups is 1. The average Bonchev–Trinajstić information content (AvgIpc) is 3.03. The fourth-order valence-electron chi connectivity index (χ4n) is 3.47. The molecule has 6 heteroatoms. The molecule has 6 nitrogen and oxygen atoms in total. The fraction of sp³-hybridized carbons (Fsp3) is 0.500. The lowest BCUT2D eigenvalue weighted by Gasteiger charge is -2.39. The van der Waals surface area contributed by atoms with E-state index in [1.807, 2.05) is 43.9 Å². The van der Waals surface area contributed by atoms with E-state index in [9.17, 15) is 4.79 Å². The van der Waals surface area contributed by atoms with Gasteiger partial charge in [0.15, 0.2) is 5.76 Å². The Morgan fingerprint density at radius 3 is 2.81 bits per heavy atom. The van der Waals surface area contributed by atoms with Crippen LogP contribution in [0.15, 0.2) is 28.8 Å². The maximum atomic E-state index is 13.2. The maximum Gasteiger partial charge on any atom is 0.259 e. The van der Waals surface area contributed by atoms with Crippen LogP contribution < -0.4 is 4.74 Å². The monoisotopic (exact) mass is 357 g/mol. The molecule has 0 aliphatic carbocycles. The summed E-state index contributed by atoms with van der Waals surface area (Å²) in [6.07, 6.45) is 0. The zero-order valence-electron chi connectivity index (χ0n) is 16.2. The van der Waals surface area contributed by atoms with Crippen LogP contribution in [0.2, 0.25) is 0 Å². The molecule has 1 aromatic heterocycles. The van der Waals surface area contributed by atoms with Crippen LogP contribution in [0.25, 0.3) is 0 Å². The Bertz CT molecular complexity index is 784. The lowest BCUT2D eigenvalue weighted by Crippen LogP contribution is -2.49. The van der Waals surface area contributed by atoms with Gasteiger partial charge in [-0.15, -0.1) is 0 Å². The number of hydrogen-bond donors (Lipinski definition) is 0. The highest BCUT2D eigenvalue weighted by Gasteiger charge is 2.32. The lowest BCUT2D eigenvalue weighted by molar-refractivity contribution is 0.0543. The van der Waals surface area contributed by atoms with E-state index < -0.39 is 0 Å². The van der Waals surface area contributed by atoms with Crippen LogP contribution in [0.1, 0.15) is 53.2 Å². The predicted octanol–water partition coefficient (Wildman–Crippen LogP) is 3.24. The minimum Gasteiger partial charge on any atom is -0.497 e. The highest BCUT2D eigenvalue weighted by atomic mass is 16.5. The van der Waals surface area contributed by atoms with E-state index in [4.69, 9.17) is 9.26 Å². The third-order valence-corrected chi connectivity index (χ3v) is 5.04. The number of ether oxygens (including phenoxy) is 1. The van der Waals surface area contributed by atoms with Crippen molar-refractivity contribution in [1.29, 1.82) is 0 Å². The van der Waals surface area contributed by atoms with E-state index >= 15 is 0 Å². The lowest BCUT2D eigenvalue weighted by atomic mass is 10.00. The smallest absolute Gasteiger partial charge is 0.259 e. The van der Waals surface area contributed by atoms with E-state index in [0.29, 0.717) is 30.1 Å². The van der Waals surface area contributed by atoms with Gasteiger partial charge in [0.2, 0.25) is 0 Å². The quantitative estimate of drug-likeness (QED) is 0.841. The summed E-state index contributed by atoms with van der Waals surface area (Å²) in [5, 5.41) is 4.02. The highest BCUT2D eigenvalue weighted by molar-refractivity contribution is 5.96. The second-order valence-corrected chi connectivity index (χ2v) is 7.19. The van der Waals surface area contributed by atoms with Crippen molar-refractivity contribution in [2.75, 3.05) is 33.8 Å². The van der Waals surface area contributed by atoms with Gasteiger partial charge < -0.3 is 14.2 Å². The van der Waals surface area contributed by atoms with Crippen molar-refractivity contribution in [2.24, 2.45) is 0 Å². The van der Waals surface area contributed by atoms with Crippen LogP contribution in [0.4, 0.5) is 0 Å². The molecule has 0 bridgehead atoms. The molecule has 1 saturated heterocycles. The van der Waals surface area contributed by atoms with Gasteiger partial charge in [0, 0.05) is 25.6 Å². The molecular formula is C20H27N3O3. The normalized spacial score (nSPS) is 18.4. The van der Waals surface area contributed by atoms with Gasteiger partial charge in [-0.1, -0.05) is 31.1 Å². The maximum absolute atomic E-state index is 13.2. The molecule has 1 aliphatic rings. The minimum absolute atomic E-state index is 0.00782. The number of likely N-dealkylation sites (N-methyl/N-ethyl adjacent to an activating group) is 1. The number of carbonyl (C=O) groups excluding carboxylic acids is 1. The first-order chi connectivity index (χ1) is 12.4. The highest BCUT2D eigenvalue weighted by Crippen LogP contribution is 2.29. The van der Waals surface area contributed by atoms with Crippen LogP contribution in [-0.2, 0) is 0 Å². The number of methoxy groups -OCH3 is 1. The zero-order chi connectivity index (χ0) is 18.8. The Kier molecular flexibility index (Phi) is 5.32. The van der Waals surface area contributed by atoms with Crippen molar-refractivity contribution in [2.45, 2.75) is 32.7 Å². The molecule has 1 amide bonds. The Hall–Kier alpha value is -2.34. The number of rotatable bonds is 4. The van der Waals surface area contributed by atoms with E-state index in [1.54, 1.807) is 7.11 Å². The van der Waals surface area contributed by atoms with E-state index in [1.165, 1.54) is 0 Å². The number of piperazine rings is 1. The van der Waals surface area contributed by atoms with Crippen molar-refractivity contribution in [3.05, 3.63) is 46.8 Å². The minimum atomic E-state index is 0.00782. The van der Waals surface area contributed by atoms with Crippen LogP contribution in [0.3, 0.4) is 0 Å². The number of aromatic nitrogens is 1. The molecule has 1 unspecified atom stereocenters. The summed E-state index contributed by atoms with van der Waals surface area (Å²) in [5.74, 6) is 1.63. The van der Waals surface area contributed by atoms with Gasteiger partial charge in [-0.25, -0.2) is 0 Å². The van der Waals surface area contributed by atoms with Crippen molar-refractivity contribution >= 4 is 5.91 Å². The second kappa shape index (κ2) is 7.50. The molecule has 3 rings (SSSR count). The molecule has 2 aromatic rings. The second-order valence-electron chi connectivity index (χ2n) is 7.19. The Labute approximate surface area is 154 Å². The first-order valence-electron chi connectivity index (χ1n) is 9.02. The fourth-order valence-corrected chi connectivity index (χ4v) is 3.47. The average molecular weight is 357 g/mol. The van der Waals surface area contributed by atoms with Gasteiger partial charge in [0.05, 0.1) is 18.8 Å². The van der Waals surface area contributed by atoms with Crippen molar-refractivity contribution < 1.29 is 14.1 Å². The summed E-state index contributed by atoms with van der Waals surface area (Å²) in [7, 11) is 3.76. The SMILES string of the molecule is COc1cccc(C2CN(C(=O)c3c(C)noc3C(C)C)CCN2C)c1. The van der Waals surface area contributed by atoms with Gasteiger partial charge in [-0.05, 0) is 31.7 Å². The molecule has 1 fully saturated rings. The van der Waals surface area contributed by atoms with Crippen LogP contribution in [-0.4, -0.2) is 54.7 Å². The number of hydrogen-bond acceptors (Lipinski definition) is 5. The van der Waals surface area contributed by atoms with Gasteiger partial charge in [-0.2, -0.15) is 0 Å². The van der Waals surface area contributed by atoms with Crippen LogP contribution in [0, 0.1) is 6.92 Å². The Morgan fingerprint density at radius 2 is 2.12 bits per heavy atom. The standard InChI is InChI=1S/C20H27N3O3/c1-13(2)19-18(14(3)21-26-19)20(24)23-10-9-22(4)17(12-23)15-7-6-8-16(11-15)25-5/h6-8,11,13,17H,9-10,12H2,1-5H3. The van der Waals surface area contributed by atoms with Gasteiger partial charge in [0.1, 0.15) is 11.3 Å². The van der Waals surface area contributed by atoms with Crippen LogP contribution >= 0.6 is 0 Å². The summed E-state index contributed by atoms with van der Waals surface area (Å²) in [4.78, 5) is 17.4. The topological polar surface area (TPSA) is 58.8 Å². The number of nitrogens with zero attached hydrogens (tertiary/aromatic N) is 3. The third-order valence-electron chi connectivity index (χ3n) is 5.04. The summed E-state index contributed by atoms with van der Waals surface area (Å²) in [6, 6.07) is 8.18. The summed E-state index contributed by atoms with van der Waals surface area (Å²) < 4.78 is 10.8. The van der Waals surface area contributed by atoms with Crippen molar-refractivity contribution in [3.63, 3.8) is 0 Å². The van der Waals surface area contributed by atoms with Gasteiger partial charge >= 0.3 is 0 Å². The molecule has 1 atom stereocenters. The number of amides is 1. The van der Waals surface area contributed by atoms with Crippen molar-refractivity contribution in [1.82, 2.24) is 15.0 Å². The molecule has 1 aliphatic heterocycles. The summed E-state index contributed by atoms with van der Waals surface area (Å²) in [5.41, 5.74) is 2.43. The van der Waals surface area contributed by atoms with Gasteiger partial charge in [0.25, 0.3) is 5.91 Å².